The molecule has 0 radical (unpaired) electrons. The van der Waals surface area contributed by atoms with Crippen LogP contribution in [-0.2, 0) is 19.2 Å². The van der Waals surface area contributed by atoms with E-state index in [9.17, 15) is 24.3 Å². The van der Waals surface area contributed by atoms with Crippen molar-refractivity contribution < 1.29 is 24.3 Å². The first-order valence-corrected chi connectivity index (χ1v) is 7.88. The maximum Gasteiger partial charge on any atom is 0.326 e. The second kappa shape index (κ2) is 9.86. The molecule has 7 N–H and O–H groups in total. The molecular weight excluding hydrogens is 316 g/mol. The van der Waals surface area contributed by atoms with Gasteiger partial charge in [-0.2, -0.15) is 0 Å². The quantitative estimate of drug-likeness (QED) is 0.339. The number of carboxylic acid groups (broad SMARTS) is 1. The lowest BCUT2D eigenvalue weighted by Gasteiger charge is -2.27. The number of amides is 3. The van der Waals surface area contributed by atoms with Crippen LogP contribution in [0.4, 0.5) is 0 Å². The third-order valence-electron chi connectivity index (χ3n) is 3.78. The van der Waals surface area contributed by atoms with Crippen molar-refractivity contribution in [1.82, 2.24) is 10.6 Å². The summed E-state index contributed by atoms with van der Waals surface area (Å²) in [5.41, 5.74) is 10.5. The van der Waals surface area contributed by atoms with Crippen LogP contribution in [0.15, 0.2) is 0 Å². The number of nitrogens with one attached hydrogen (secondary N) is 2. The number of rotatable bonds is 10. The summed E-state index contributed by atoms with van der Waals surface area (Å²) in [7, 11) is 0. The molecule has 0 saturated heterocycles. The molecule has 0 heterocycles. The lowest BCUT2D eigenvalue weighted by atomic mass is 9.97. The predicted octanol–water partition coefficient (Wildman–Crippen LogP) is -1.05. The fourth-order valence-electron chi connectivity index (χ4n) is 2.03. The Bertz CT molecular complexity index is 480. The second-order valence-corrected chi connectivity index (χ2v) is 6.22. The Morgan fingerprint density at radius 1 is 1.00 bits per heavy atom. The van der Waals surface area contributed by atoms with Gasteiger partial charge in [0.15, 0.2) is 0 Å². The summed E-state index contributed by atoms with van der Waals surface area (Å²) >= 11 is 0. The van der Waals surface area contributed by atoms with E-state index in [0.29, 0.717) is 6.42 Å². The van der Waals surface area contributed by atoms with Crippen molar-refractivity contribution in [3.63, 3.8) is 0 Å². The van der Waals surface area contributed by atoms with Crippen molar-refractivity contribution in [3.8, 4) is 0 Å². The molecule has 0 fully saturated rings. The van der Waals surface area contributed by atoms with E-state index in [-0.39, 0.29) is 18.3 Å². The molecule has 0 aliphatic rings. The highest BCUT2D eigenvalue weighted by atomic mass is 16.4. The topological polar surface area (TPSA) is 165 Å². The molecule has 0 bridgehead atoms. The molecule has 0 aromatic carbocycles. The first-order chi connectivity index (χ1) is 11.0. The molecule has 0 aliphatic carbocycles. The van der Waals surface area contributed by atoms with Crippen molar-refractivity contribution in [1.29, 1.82) is 0 Å². The molecular formula is C15H28N4O5. The maximum atomic E-state index is 12.4. The fourth-order valence-corrected chi connectivity index (χ4v) is 2.03. The number of aliphatic carboxylic acids is 1. The van der Waals surface area contributed by atoms with Crippen LogP contribution in [0.25, 0.3) is 0 Å². The average Bonchev–Trinajstić information content (AvgIpc) is 2.47. The Hall–Kier alpha value is -2.16. The number of hydrogen-bond donors (Lipinski definition) is 5. The Morgan fingerprint density at radius 3 is 1.88 bits per heavy atom. The van der Waals surface area contributed by atoms with E-state index in [0.717, 1.165) is 0 Å². The Balaban J connectivity index is 5.04. The third kappa shape index (κ3) is 6.95. The molecule has 0 aliphatic heterocycles. The van der Waals surface area contributed by atoms with E-state index < -0.39 is 41.8 Å². The SMILES string of the molecule is CCC(C)C(NC(=O)C(NC(=O)C(N)CC(N)=O)C(C)C)C(=O)O. The van der Waals surface area contributed by atoms with Crippen molar-refractivity contribution in [2.75, 3.05) is 0 Å². The number of carboxylic acids is 1. The van der Waals surface area contributed by atoms with Gasteiger partial charge in [0.2, 0.25) is 17.7 Å². The highest BCUT2D eigenvalue weighted by Gasteiger charge is 2.32. The molecule has 9 heteroatoms. The lowest BCUT2D eigenvalue weighted by molar-refractivity contribution is -0.144. The summed E-state index contributed by atoms with van der Waals surface area (Å²) in [5.74, 6) is -3.76. The van der Waals surface area contributed by atoms with Crippen molar-refractivity contribution in [3.05, 3.63) is 0 Å². The molecule has 0 rings (SSSR count). The van der Waals surface area contributed by atoms with Gasteiger partial charge in [-0.25, -0.2) is 4.79 Å². The van der Waals surface area contributed by atoms with E-state index in [4.69, 9.17) is 11.5 Å². The molecule has 3 amide bonds. The smallest absolute Gasteiger partial charge is 0.326 e. The van der Waals surface area contributed by atoms with Gasteiger partial charge < -0.3 is 27.2 Å². The highest BCUT2D eigenvalue weighted by Crippen LogP contribution is 2.10. The summed E-state index contributed by atoms with van der Waals surface area (Å²) in [6, 6.07) is -3.19. The van der Waals surface area contributed by atoms with Crippen molar-refractivity contribution in [2.24, 2.45) is 23.3 Å². The molecule has 0 saturated carbocycles. The zero-order chi connectivity index (χ0) is 19.0. The largest absolute Gasteiger partial charge is 0.480 e. The lowest BCUT2D eigenvalue weighted by Crippen LogP contribution is -2.57. The molecule has 138 valence electrons. The van der Waals surface area contributed by atoms with Crippen LogP contribution in [0, 0.1) is 11.8 Å². The van der Waals surface area contributed by atoms with E-state index in [2.05, 4.69) is 10.6 Å². The number of carbonyl (C=O) groups is 4. The average molecular weight is 344 g/mol. The van der Waals surface area contributed by atoms with Crippen LogP contribution in [0.5, 0.6) is 0 Å². The Labute approximate surface area is 141 Å². The number of hydrogen-bond acceptors (Lipinski definition) is 5. The van der Waals surface area contributed by atoms with Gasteiger partial charge in [0, 0.05) is 0 Å². The monoisotopic (exact) mass is 344 g/mol. The third-order valence-corrected chi connectivity index (χ3v) is 3.78. The van der Waals surface area contributed by atoms with Gasteiger partial charge in [0.25, 0.3) is 0 Å². The molecule has 24 heavy (non-hydrogen) atoms. The van der Waals surface area contributed by atoms with Crippen molar-refractivity contribution in [2.45, 2.75) is 58.7 Å². The molecule has 0 aromatic heterocycles. The van der Waals surface area contributed by atoms with Gasteiger partial charge in [0.05, 0.1) is 12.5 Å². The normalized spacial score (nSPS) is 15.9. The summed E-state index contributed by atoms with van der Waals surface area (Å²) in [6.45, 7) is 6.93. The molecule has 9 nitrogen and oxygen atoms in total. The molecule has 4 atom stereocenters. The van der Waals surface area contributed by atoms with Gasteiger partial charge in [-0.05, 0) is 11.8 Å². The number of primary amides is 1. The van der Waals surface area contributed by atoms with Crippen LogP contribution in [0.2, 0.25) is 0 Å². The van der Waals surface area contributed by atoms with Gasteiger partial charge in [0.1, 0.15) is 12.1 Å². The summed E-state index contributed by atoms with van der Waals surface area (Å²) in [6.07, 6.45) is 0.225. The summed E-state index contributed by atoms with van der Waals surface area (Å²) < 4.78 is 0. The van der Waals surface area contributed by atoms with E-state index in [1.807, 2.05) is 6.92 Å². The van der Waals surface area contributed by atoms with Crippen LogP contribution >= 0.6 is 0 Å². The van der Waals surface area contributed by atoms with Crippen LogP contribution in [-0.4, -0.2) is 46.9 Å². The minimum Gasteiger partial charge on any atom is -0.480 e. The van der Waals surface area contributed by atoms with E-state index in [1.54, 1.807) is 20.8 Å². The Morgan fingerprint density at radius 2 is 1.50 bits per heavy atom. The van der Waals surface area contributed by atoms with Crippen LogP contribution < -0.4 is 22.1 Å². The number of carbonyl (C=O) groups excluding carboxylic acids is 3. The fraction of sp³-hybridized carbons (Fsp3) is 0.733. The highest BCUT2D eigenvalue weighted by molar-refractivity contribution is 5.93. The van der Waals surface area contributed by atoms with Gasteiger partial charge >= 0.3 is 5.97 Å². The van der Waals surface area contributed by atoms with E-state index >= 15 is 0 Å². The summed E-state index contributed by atoms with van der Waals surface area (Å²) in [4.78, 5) is 46.5. The van der Waals surface area contributed by atoms with Gasteiger partial charge in [-0.3, -0.25) is 14.4 Å². The van der Waals surface area contributed by atoms with Crippen LogP contribution in [0.3, 0.4) is 0 Å². The molecule has 0 spiro atoms. The number of nitrogens with two attached hydrogens (primary N) is 2. The second-order valence-electron chi connectivity index (χ2n) is 6.22. The Kier molecular flexibility index (Phi) is 8.97. The predicted molar refractivity (Wildman–Crippen MR) is 87.6 cm³/mol. The maximum absolute atomic E-state index is 12.4. The van der Waals surface area contributed by atoms with Gasteiger partial charge in [-0.15, -0.1) is 0 Å². The molecule has 0 aromatic rings. The first-order valence-electron chi connectivity index (χ1n) is 7.88. The van der Waals surface area contributed by atoms with E-state index in [1.165, 1.54) is 0 Å². The zero-order valence-corrected chi connectivity index (χ0v) is 14.5. The molecule has 4 unspecified atom stereocenters. The minimum atomic E-state index is -1.17. The first kappa shape index (κ1) is 21.8. The minimum absolute atomic E-state index is 0.271. The standard InChI is InChI=1S/C15H28N4O5/c1-5-8(4)12(15(23)24)19-14(22)11(7(2)3)18-13(21)9(16)6-10(17)20/h7-9,11-12H,5-6,16H2,1-4H3,(H2,17,20)(H,18,21)(H,19,22)(H,23,24). The summed E-state index contributed by atoms with van der Waals surface area (Å²) in [5, 5.41) is 14.1. The van der Waals surface area contributed by atoms with Gasteiger partial charge in [-0.1, -0.05) is 34.1 Å². The van der Waals surface area contributed by atoms with Crippen molar-refractivity contribution >= 4 is 23.7 Å². The zero-order valence-electron chi connectivity index (χ0n) is 14.5. The van der Waals surface area contributed by atoms with Crippen LogP contribution in [0.1, 0.15) is 40.5 Å².